The van der Waals surface area contributed by atoms with Crippen molar-refractivity contribution in [1.29, 1.82) is 0 Å². The highest BCUT2D eigenvalue weighted by molar-refractivity contribution is 5.82. The molecule has 1 unspecified atom stereocenters. The summed E-state index contributed by atoms with van der Waals surface area (Å²) in [6.45, 7) is 3.26. The van der Waals surface area contributed by atoms with E-state index in [1.165, 1.54) is 0 Å². The summed E-state index contributed by atoms with van der Waals surface area (Å²) in [5, 5.41) is 13.6. The fourth-order valence-electron chi connectivity index (χ4n) is 1.93. The molecule has 1 rings (SSSR count). The first kappa shape index (κ1) is 17.9. The molecular weight excluding hydrogens is 289 g/mol. The van der Waals surface area contributed by atoms with Gasteiger partial charge in [0.05, 0.1) is 19.1 Å². The predicted molar refractivity (Wildman–Crippen MR) is 73.4 cm³/mol. The molecule has 6 nitrogen and oxygen atoms in total. The Hall–Kier alpha value is -1.19. The molecule has 9 heteroatoms. The van der Waals surface area contributed by atoms with Crippen LogP contribution in [0, 0.1) is 0 Å². The first-order valence-corrected chi connectivity index (χ1v) is 6.67. The first-order chi connectivity index (χ1) is 9.96. The zero-order valence-corrected chi connectivity index (χ0v) is 11.9. The van der Waals surface area contributed by atoms with Crippen LogP contribution in [-0.2, 0) is 9.47 Å². The van der Waals surface area contributed by atoms with Crippen LogP contribution in [0.2, 0.25) is 0 Å². The molecule has 0 aromatic rings. The van der Waals surface area contributed by atoms with Gasteiger partial charge in [0.1, 0.15) is 0 Å². The van der Waals surface area contributed by atoms with Crippen molar-refractivity contribution in [2.45, 2.75) is 37.5 Å². The van der Waals surface area contributed by atoms with Crippen molar-refractivity contribution in [2.24, 2.45) is 10.2 Å². The molecular formula is C12H21F3N4O2. The molecule has 0 saturated carbocycles. The molecule has 0 amide bonds. The van der Waals surface area contributed by atoms with Crippen molar-refractivity contribution in [3.8, 4) is 0 Å². The van der Waals surface area contributed by atoms with Gasteiger partial charge in [-0.1, -0.05) is 0 Å². The van der Waals surface area contributed by atoms with Crippen molar-refractivity contribution in [3.63, 3.8) is 0 Å². The van der Waals surface area contributed by atoms with Crippen molar-refractivity contribution in [1.82, 2.24) is 10.6 Å². The maximum atomic E-state index is 11.9. The molecule has 0 aliphatic carbocycles. The zero-order valence-electron chi connectivity index (χ0n) is 11.9. The van der Waals surface area contributed by atoms with Gasteiger partial charge in [0.15, 0.2) is 6.79 Å². The second kappa shape index (κ2) is 8.96. The Labute approximate surface area is 121 Å². The Morgan fingerprint density at radius 2 is 2.19 bits per heavy atom. The molecule has 2 N–H and O–H groups in total. The third-order valence-corrected chi connectivity index (χ3v) is 3.11. The Morgan fingerprint density at radius 1 is 1.43 bits per heavy atom. The number of rotatable bonds is 7. The molecule has 2 atom stereocenters. The molecule has 1 heterocycles. The topological polar surface area (TPSA) is 67.2 Å². The molecule has 0 spiro atoms. The van der Waals surface area contributed by atoms with Gasteiger partial charge in [0, 0.05) is 19.3 Å². The Morgan fingerprint density at radius 3 is 2.71 bits per heavy atom. The average Bonchev–Trinajstić information content (AvgIpc) is 2.45. The Balaban J connectivity index is 2.31. The maximum absolute atomic E-state index is 11.9. The lowest BCUT2D eigenvalue weighted by molar-refractivity contribution is -0.150. The molecule has 21 heavy (non-hydrogen) atoms. The van der Waals surface area contributed by atoms with E-state index in [-0.39, 0.29) is 18.7 Å². The summed E-state index contributed by atoms with van der Waals surface area (Å²) in [4.78, 5) is 0. The van der Waals surface area contributed by atoms with Gasteiger partial charge in [-0.2, -0.15) is 18.3 Å². The minimum Gasteiger partial charge on any atom is -0.451 e. The van der Waals surface area contributed by atoms with Crippen molar-refractivity contribution in [3.05, 3.63) is 0 Å². The minimum atomic E-state index is -4.23. The van der Waals surface area contributed by atoms with Crippen LogP contribution in [0.4, 0.5) is 13.2 Å². The number of hydrogen-bond acceptors (Lipinski definition) is 6. The molecule has 1 saturated heterocycles. The summed E-state index contributed by atoms with van der Waals surface area (Å²) in [5.74, 6) is 0.284. The van der Waals surface area contributed by atoms with Gasteiger partial charge in [-0.15, -0.1) is 5.10 Å². The summed E-state index contributed by atoms with van der Waals surface area (Å²) in [6, 6.07) is 0.244. The fraction of sp³-hybridized carbons (Fsp3) is 0.833. The number of hydrogen-bond donors (Lipinski definition) is 2. The summed E-state index contributed by atoms with van der Waals surface area (Å²) >= 11 is 0. The van der Waals surface area contributed by atoms with E-state index in [1.807, 2.05) is 7.05 Å². The number of halogens is 3. The Kier molecular flexibility index (Phi) is 7.62. The van der Waals surface area contributed by atoms with Gasteiger partial charge in [0.25, 0.3) is 0 Å². The highest BCUT2D eigenvalue weighted by Crippen LogP contribution is 2.19. The van der Waals surface area contributed by atoms with Crippen LogP contribution in [0.25, 0.3) is 0 Å². The number of piperidine rings is 1. The van der Waals surface area contributed by atoms with Crippen LogP contribution < -0.4 is 10.6 Å². The van der Waals surface area contributed by atoms with E-state index in [9.17, 15) is 13.2 Å². The normalized spacial score (nSPS) is 23.9. The third-order valence-electron chi connectivity index (χ3n) is 3.11. The van der Waals surface area contributed by atoms with Crippen molar-refractivity contribution < 1.29 is 22.6 Å². The zero-order chi connectivity index (χ0) is 15.7. The lowest BCUT2D eigenvalue weighted by Gasteiger charge is -2.29. The smallest absolute Gasteiger partial charge is 0.391 e. The maximum Gasteiger partial charge on any atom is 0.391 e. The van der Waals surface area contributed by atoms with Crippen molar-refractivity contribution >= 4 is 12.6 Å². The van der Waals surface area contributed by atoms with Gasteiger partial charge in [-0.25, -0.2) is 0 Å². The van der Waals surface area contributed by atoms with Crippen LogP contribution in [0.3, 0.4) is 0 Å². The lowest BCUT2D eigenvalue weighted by atomic mass is 10.0. The van der Waals surface area contributed by atoms with E-state index < -0.39 is 19.2 Å². The van der Waals surface area contributed by atoms with Gasteiger partial charge in [-0.05, 0) is 19.9 Å². The van der Waals surface area contributed by atoms with Gasteiger partial charge in [0.2, 0.25) is 5.90 Å². The van der Waals surface area contributed by atoms with E-state index in [1.54, 1.807) is 0 Å². The van der Waals surface area contributed by atoms with Crippen molar-refractivity contribution in [2.75, 3.05) is 27.0 Å². The number of nitrogens with zero attached hydrogens (tertiary/aromatic N) is 2. The first-order valence-electron chi connectivity index (χ1n) is 6.67. The van der Waals surface area contributed by atoms with Crippen LogP contribution in [0.1, 0.15) is 19.3 Å². The summed E-state index contributed by atoms with van der Waals surface area (Å²) in [6.07, 6.45) is -3.52. The van der Waals surface area contributed by atoms with E-state index in [4.69, 9.17) is 9.47 Å². The van der Waals surface area contributed by atoms with E-state index >= 15 is 0 Å². The highest BCUT2D eigenvalue weighted by atomic mass is 19.4. The van der Waals surface area contributed by atoms with Gasteiger partial charge >= 0.3 is 6.18 Å². The standard InChI is InChI=1S/C12H21F3N4O2/c1-16-9-3-4-10(18-7-9)11(19-17-2)21-8-20-6-5-12(13,14)15/h9-10,16,18H,2-8H2,1H3/b19-11-/t9-,10?/m0/s1. The van der Waals surface area contributed by atoms with Crippen LogP contribution in [0.5, 0.6) is 0 Å². The summed E-state index contributed by atoms with van der Waals surface area (Å²) in [7, 11) is 1.89. The number of alkyl halides is 3. The molecule has 0 aromatic carbocycles. The van der Waals surface area contributed by atoms with Gasteiger partial charge in [-0.3, -0.25) is 0 Å². The van der Waals surface area contributed by atoms with Gasteiger partial charge < -0.3 is 20.1 Å². The lowest BCUT2D eigenvalue weighted by Crippen LogP contribution is -2.50. The minimum absolute atomic E-state index is 0.133. The highest BCUT2D eigenvalue weighted by Gasteiger charge is 2.27. The molecule has 0 radical (unpaired) electrons. The van der Waals surface area contributed by atoms with E-state index in [0.29, 0.717) is 6.04 Å². The quantitative estimate of drug-likeness (QED) is 0.244. The molecule has 1 aliphatic heterocycles. The molecule has 1 fully saturated rings. The molecule has 0 aromatic heterocycles. The Bertz CT molecular complexity index is 342. The summed E-state index contributed by atoms with van der Waals surface area (Å²) in [5.41, 5.74) is 0. The largest absolute Gasteiger partial charge is 0.451 e. The second-order valence-corrected chi connectivity index (χ2v) is 4.64. The number of nitrogens with one attached hydrogen (secondary N) is 2. The molecule has 122 valence electrons. The predicted octanol–water partition coefficient (Wildman–Crippen LogP) is 1.28. The molecule has 0 bridgehead atoms. The van der Waals surface area contributed by atoms with Crippen LogP contribution in [0.15, 0.2) is 10.2 Å². The van der Waals surface area contributed by atoms with Crippen LogP contribution in [-0.4, -0.2) is 57.9 Å². The SMILES string of the molecule is C=N/N=C(\OCOCCC(F)(F)F)C1CC[C@H](NC)CN1. The number of likely N-dealkylation sites (N-methyl/N-ethyl adjacent to an activating group) is 1. The van der Waals surface area contributed by atoms with Crippen LogP contribution >= 0.6 is 0 Å². The fourth-order valence-corrected chi connectivity index (χ4v) is 1.93. The third kappa shape index (κ3) is 7.39. The summed E-state index contributed by atoms with van der Waals surface area (Å²) < 4.78 is 45.9. The average molecular weight is 310 g/mol. The monoisotopic (exact) mass is 310 g/mol. The van der Waals surface area contributed by atoms with E-state index in [0.717, 1.165) is 19.4 Å². The second-order valence-electron chi connectivity index (χ2n) is 4.64. The molecule has 1 aliphatic rings. The van der Waals surface area contributed by atoms with E-state index in [2.05, 4.69) is 27.6 Å². The number of ether oxygens (including phenoxy) is 2.